The average molecular weight is 247 g/mol. The number of nitrogens with one attached hydrogen (secondary N) is 1. The maximum atomic E-state index is 10.5. The van der Waals surface area contributed by atoms with E-state index in [0.29, 0.717) is 10.0 Å². The van der Waals surface area contributed by atoms with Gasteiger partial charge in [-0.1, -0.05) is 6.07 Å². The zero-order valence-corrected chi connectivity index (χ0v) is 8.11. The Morgan fingerprint density at radius 2 is 2.31 bits per heavy atom. The largest absolute Gasteiger partial charge is 0.316 e. The monoisotopic (exact) mass is 246 g/mol. The molecule has 70 valence electrons. The Labute approximate surface area is 82.6 Å². The Morgan fingerprint density at radius 1 is 1.62 bits per heavy atom. The van der Waals surface area contributed by atoms with Gasteiger partial charge in [0.2, 0.25) is 0 Å². The highest BCUT2D eigenvalue weighted by atomic mass is 79.9. The van der Waals surface area contributed by atoms with Crippen molar-refractivity contribution in [1.29, 1.82) is 0 Å². The van der Waals surface area contributed by atoms with Crippen molar-refractivity contribution in [2.75, 3.05) is 0 Å². The molecule has 0 unspecified atom stereocenters. The number of nitrogens with zero attached hydrogens (tertiary/aromatic N) is 1. The van der Waals surface area contributed by atoms with E-state index >= 15 is 0 Å². The number of nitro benzene ring substituents is 1. The predicted octanol–water partition coefficient (Wildman–Crippen LogP) is 1.84. The van der Waals surface area contributed by atoms with Gasteiger partial charge in [-0.25, -0.2) is 5.48 Å². The third-order valence-corrected chi connectivity index (χ3v) is 2.16. The van der Waals surface area contributed by atoms with E-state index in [-0.39, 0.29) is 12.2 Å². The van der Waals surface area contributed by atoms with Crippen LogP contribution in [0.4, 0.5) is 5.69 Å². The van der Waals surface area contributed by atoms with Crippen LogP contribution in [0.2, 0.25) is 0 Å². The van der Waals surface area contributed by atoms with Crippen molar-refractivity contribution in [3.05, 3.63) is 38.3 Å². The zero-order valence-electron chi connectivity index (χ0n) is 6.53. The van der Waals surface area contributed by atoms with Crippen LogP contribution in [0, 0.1) is 10.1 Å². The van der Waals surface area contributed by atoms with E-state index in [1.165, 1.54) is 6.07 Å². The molecule has 0 saturated heterocycles. The molecule has 0 aromatic heterocycles. The van der Waals surface area contributed by atoms with Crippen molar-refractivity contribution in [3.63, 3.8) is 0 Å². The molecule has 13 heavy (non-hydrogen) atoms. The summed E-state index contributed by atoms with van der Waals surface area (Å²) in [6.45, 7) is 0.189. The lowest BCUT2D eigenvalue weighted by atomic mass is 10.2. The van der Waals surface area contributed by atoms with E-state index < -0.39 is 4.92 Å². The van der Waals surface area contributed by atoms with Crippen LogP contribution in [0.3, 0.4) is 0 Å². The van der Waals surface area contributed by atoms with Crippen molar-refractivity contribution in [2.45, 2.75) is 6.54 Å². The molecular formula is C7H7BrN2O3. The fraction of sp³-hybridized carbons (Fsp3) is 0.143. The van der Waals surface area contributed by atoms with Gasteiger partial charge in [0, 0.05) is 12.6 Å². The Hall–Kier alpha value is -0.980. The summed E-state index contributed by atoms with van der Waals surface area (Å²) >= 11 is 3.06. The molecule has 5 nitrogen and oxygen atoms in total. The fourth-order valence-corrected chi connectivity index (χ4v) is 1.29. The summed E-state index contributed by atoms with van der Waals surface area (Å²) in [7, 11) is 0. The topological polar surface area (TPSA) is 75.4 Å². The molecule has 0 heterocycles. The van der Waals surface area contributed by atoms with Crippen LogP contribution in [0.15, 0.2) is 22.7 Å². The molecule has 0 aliphatic rings. The van der Waals surface area contributed by atoms with Gasteiger partial charge in [-0.15, -0.1) is 0 Å². The molecule has 0 saturated carbocycles. The fourth-order valence-electron chi connectivity index (χ4n) is 0.899. The minimum atomic E-state index is -0.481. The van der Waals surface area contributed by atoms with Gasteiger partial charge in [0.15, 0.2) is 0 Å². The number of hydroxylamine groups is 1. The standard InChI is InChI=1S/C7H7BrN2O3/c8-6-2-1-5(4-9-11)3-7(6)10(12)13/h1-3,9,11H,4H2. The van der Waals surface area contributed by atoms with Gasteiger partial charge in [0.25, 0.3) is 5.69 Å². The first-order chi connectivity index (χ1) is 6.15. The molecule has 2 N–H and O–H groups in total. The highest BCUT2D eigenvalue weighted by Gasteiger charge is 2.11. The van der Waals surface area contributed by atoms with Gasteiger partial charge in [-0.3, -0.25) is 10.1 Å². The second-order valence-electron chi connectivity index (χ2n) is 2.38. The number of hydrogen-bond acceptors (Lipinski definition) is 4. The molecule has 0 aliphatic carbocycles. The quantitative estimate of drug-likeness (QED) is 0.631. The Morgan fingerprint density at radius 3 is 2.85 bits per heavy atom. The third kappa shape index (κ3) is 2.48. The van der Waals surface area contributed by atoms with Crippen LogP contribution in [0.1, 0.15) is 5.56 Å². The first kappa shape index (κ1) is 10.1. The van der Waals surface area contributed by atoms with Crippen LogP contribution in [0.5, 0.6) is 0 Å². The maximum absolute atomic E-state index is 10.5. The van der Waals surface area contributed by atoms with Crippen molar-refractivity contribution in [3.8, 4) is 0 Å². The molecule has 0 radical (unpaired) electrons. The van der Waals surface area contributed by atoms with E-state index in [0.717, 1.165) is 0 Å². The van der Waals surface area contributed by atoms with Gasteiger partial charge in [-0.05, 0) is 27.6 Å². The summed E-state index contributed by atoms with van der Waals surface area (Å²) in [4.78, 5) is 9.99. The summed E-state index contributed by atoms with van der Waals surface area (Å²) in [6.07, 6.45) is 0. The van der Waals surface area contributed by atoms with E-state index in [4.69, 9.17) is 5.21 Å². The Balaban J connectivity index is 3.04. The van der Waals surface area contributed by atoms with Crippen molar-refractivity contribution >= 4 is 21.6 Å². The number of rotatable bonds is 3. The predicted molar refractivity (Wildman–Crippen MR) is 49.4 cm³/mol. The molecular weight excluding hydrogens is 240 g/mol. The third-order valence-electron chi connectivity index (χ3n) is 1.49. The molecule has 0 aliphatic heterocycles. The first-order valence-electron chi connectivity index (χ1n) is 3.45. The summed E-state index contributed by atoms with van der Waals surface area (Å²) in [5.74, 6) is 0. The smallest absolute Gasteiger partial charge is 0.283 e. The number of hydrogen-bond donors (Lipinski definition) is 2. The minimum absolute atomic E-state index is 0.00671. The molecule has 0 bridgehead atoms. The van der Waals surface area contributed by atoms with Gasteiger partial charge in [0.1, 0.15) is 0 Å². The maximum Gasteiger partial charge on any atom is 0.283 e. The summed E-state index contributed by atoms with van der Waals surface area (Å²) in [6, 6.07) is 4.65. The van der Waals surface area contributed by atoms with E-state index in [1.54, 1.807) is 12.1 Å². The van der Waals surface area contributed by atoms with Gasteiger partial charge in [0.05, 0.1) is 9.40 Å². The normalized spacial score (nSPS) is 10.0. The second kappa shape index (κ2) is 4.31. The first-order valence-corrected chi connectivity index (χ1v) is 4.24. The molecule has 6 heteroatoms. The van der Waals surface area contributed by atoms with Crippen molar-refractivity contribution in [2.24, 2.45) is 0 Å². The molecule has 0 atom stereocenters. The van der Waals surface area contributed by atoms with Gasteiger partial charge >= 0.3 is 0 Å². The van der Waals surface area contributed by atoms with E-state index in [9.17, 15) is 10.1 Å². The number of nitro groups is 1. The van der Waals surface area contributed by atoms with E-state index in [1.807, 2.05) is 5.48 Å². The van der Waals surface area contributed by atoms with Crippen molar-refractivity contribution < 1.29 is 10.1 Å². The molecule has 1 aromatic rings. The molecule has 0 fully saturated rings. The molecule has 0 amide bonds. The summed E-state index contributed by atoms with van der Waals surface area (Å²) < 4.78 is 0.430. The molecule has 1 rings (SSSR count). The van der Waals surface area contributed by atoms with Crippen LogP contribution in [-0.2, 0) is 6.54 Å². The number of benzene rings is 1. The van der Waals surface area contributed by atoms with E-state index in [2.05, 4.69) is 15.9 Å². The summed E-state index contributed by atoms with van der Waals surface area (Å²) in [5, 5.41) is 18.9. The minimum Gasteiger partial charge on any atom is -0.316 e. The average Bonchev–Trinajstić information content (AvgIpc) is 2.08. The van der Waals surface area contributed by atoms with Gasteiger partial charge < -0.3 is 5.21 Å². The second-order valence-corrected chi connectivity index (χ2v) is 3.23. The Bertz CT molecular complexity index is 330. The van der Waals surface area contributed by atoms with Crippen LogP contribution in [-0.4, -0.2) is 10.1 Å². The van der Waals surface area contributed by atoms with Crippen molar-refractivity contribution in [1.82, 2.24) is 5.48 Å². The van der Waals surface area contributed by atoms with Crippen LogP contribution >= 0.6 is 15.9 Å². The molecule has 0 spiro atoms. The molecule has 1 aromatic carbocycles. The van der Waals surface area contributed by atoms with Gasteiger partial charge in [-0.2, -0.15) is 0 Å². The van der Waals surface area contributed by atoms with Crippen LogP contribution < -0.4 is 5.48 Å². The lowest BCUT2D eigenvalue weighted by Gasteiger charge is -2.00. The lowest BCUT2D eigenvalue weighted by Crippen LogP contribution is -2.06. The Kier molecular flexibility index (Phi) is 3.35. The lowest BCUT2D eigenvalue weighted by molar-refractivity contribution is -0.385. The summed E-state index contributed by atoms with van der Waals surface area (Å²) in [5.41, 5.74) is 2.58. The number of halogens is 1. The highest BCUT2D eigenvalue weighted by Crippen LogP contribution is 2.25. The highest BCUT2D eigenvalue weighted by molar-refractivity contribution is 9.10. The van der Waals surface area contributed by atoms with Crippen LogP contribution in [0.25, 0.3) is 0 Å². The SMILES string of the molecule is O=[N+]([O-])c1cc(CNO)ccc1Br. The zero-order chi connectivity index (χ0) is 9.84.